The van der Waals surface area contributed by atoms with E-state index in [2.05, 4.69) is 11.0 Å². The second kappa shape index (κ2) is 7.32. The topological polar surface area (TPSA) is 65.1 Å². The molecule has 0 amide bonds. The van der Waals surface area contributed by atoms with Crippen LogP contribution in [-0.4, -0.2) is 28.6 Å². The minimum atomic E-state index is -0.865. The van der Waals surface area contributed by atoms with Gasteiger partial charge in [0.2, 0.25) is 0 Å². The lowest BCUT2D eigenvalue weighted by molar-refractivity contribution is 0.206. The molecule has 5 nitrogen and oxygen atoms in total. The molecule has 146 valence electrons. The standard InChI is InChI=1S/C21H22Cl2N4O/c1-12-20(26-9-8-14-10-16(24)7-6-15(14)11-26)25-13(2)27(21(12)28)18-5-3-4-17(22)19(18)23/h3-7,10,21,28H,8-9,11,24H2,1-2H3. The molecule has 1 unspecified atom stereocenters. The normalized spacial score (nSPS) is 19.6. The maximum absolute atomic E-state index is 11.1. The number of halogens is 2. The van der Waals surface area contributed by atoms with Crippen LogP contribution in [0, 0.1) is 0 Å². The highest BCUT2D eigenvalue weighted by Crippen LogP contribution is 2.37. The van der Waals surface area contributed by atoms with Crippen molar-refractivity contribution in [1.82, 2.24) is 4.90 Å². The SMILES string of the molecule is CC1=NC(N2CCc3cc(N)ccc3C2)=C(C)C(O)N1c1cccc(Cl)c1Cl. The molecule has 2 aromatic rings. The number of fused-ring (bicyclic) bond motifs is 1. The average Bonchev–Trinajstić information content (AvgIpc) is 2.67. The summed E-state index contributed by atoms with van der Waals surface area (Å²) in [6.07, 6.45) is 0.0299. The lowest BCUT2D eigenvalue weighted by atomic mass is 9.98. The van der Waals surface area contributed by atoms with Gasteiger partial charge in [-0.2, -0.15) is 0 Å². The van der Waals surface area contributed by atoms with Gasteiger partial charge in [0.1, 0.15) is 11.7 Å². The molecule has 0 fully saturated rings. The first-order valence-electron chi connectivity index (χ1n) is 9.16. The van der Waals surface area contributed by atoms with Crippen LogP contribution in [0.4, 0.5) is 11.4 Å². The molecule has 0 saturated carbocycles. The van der Waals surface area contributed by atoms with E-state index in [0.717, 1.165) is 36.6 Å². The van der Waals surface area contributed by atoms with Crippen molar-refractivity contribution in [2.45, 2.75) is 33.0 Å². The summed E-state index contributed by atoms with van der Waals surface area (Å²) in [5, 5.41) is 11.9. The quantitative estimate of drug-likeness (QED) is 0.710. The van der Waals surface area contributed by atoms with E-state index in [4.69, 9.17) is 33.9 Å². The van der Waals surface area contributed by atoms with Gasteiger partial charge in [0.25, 0.3) is 0 Å². The van der Waals surface area contributed by atoms with Crippen LogP contribution >= 0.6 is 23.2 Å². The number of nitrogens with zero attached hydrogens (tertiary/aromatic N) is 3. The van der Waals surface area contributed by atoms with Gasteiger partial charge >= 0.3 is 0 Å². The average molecular weight is 417 g/mol. The van der Waals surface area contributed by atoms with Gasteiger partial charge in [-0.25, -0.2) is 4.99 Å². The third-order valence-corrected chi connectivity index (χ3v) is 6.14. The van der Waals surface area contributed by atoms with Crippen LogP contribution in [0.15, 0.2) is 52.8 Å². The Kier molecular flexibility index (Phi) is 5.00. The van der Waals surface area contributed by atoms with E-state index >= 15 is 0 Å². The molecule has 0 aromatic heterocycles. The van der Waals surface area contributed by atoms with Crippen LogP contribution in [-0.2, 0) is 13.0 Å². The molecule has 0 bridgehead atoms. The van der Waals surface area contributed by atoms with Gasteiger partial charge in [0.15, 0.2) is 6.23 Å². The van der Waals surface area contributed by atoms with E-state index in [1.165, 1.54) is 11.1 Å². The smallest absolute Gasteiger partial charge is 0.158 e. The molecule has 0 radical (unpaired) electrons. The summed E-state index contributed by atoms with van der Waals surface area (Å²) < 4.78 is 0. The highest BCUT2D eigenvalue weighted by molar-refractivity contribution is 6.44. The number of aliphatic hydroxyl groups excluding tert-OH is 1. The zero-order chi connectivity index (χ0) is 20.0. The number of aliphatic hydroxyl groups is 1. The number of aliphatic imine (C=N–C) groups is 1. The predicted octanol–water partition coefficient (Wildman–Crippen LogP) is 4.42. The van der Waals surface area contributed by atoms with E-state index in [1.807, 2.05) is 38.1 Å². The first-order chi connectivity index (χ1) is 13.4. The molecule has 1 atom stereocenters. The van der Waals surface area contributed by atoms with E-state index in [1.54, 1.807) is 11.0 Å². The largest absolute Gasteiger partial charge is 0.399 e. The van der Waals surface area contributed by atoms with Crippen molar-refractivity contribution in [2.24, 2.45) is 4.99 Å². The number of nitrogens with two attached hydrogens (primary N) is 1. The summed E-state index contributed by atoms with van der Waals surface area (Å²) >= 11 is 12.5. The second-order valence-electron chi connectivity index (χ2n) is 7.18. The molecule has 0 saturated heterocycles. The van der Waals surface area contributed by atoms with Crippen molar-refractivity contribution in [2.75, 3.05) is 17.2 Å². The fraction of sp³-hybridized carbons (Fsp3) is 0.286. The Morgan fingerprint density at radius 3 is 2.71 bits per heavy atom. The molecule has 2 aliphatic heterocycles. The van der Waals surface area contributed by atoms with Crippen LogP contribution in [0.1, 0.15) is 25.0 Å². The Balaban J connectivity index is 1.66. The molecule has 2 aliphatic rings. The van der Waals surface area contributed by atoms with E-state index in [-0.39, 0.29) is 0 Å². The summed E-state index contributed by atoms with van der Waals surface area (Å²) in [6.45, 7) is 5.33. The molecule has 0 aliphatic carbocycles. The Bertz CT molecular complexity index is 1000. The van der Waals surface area contributed by atoms with Gasteiger partial charge in [-0.05, 0) is 55.7 Å². The van der Waals surface area contributed by atoms with Crippen LogP contribution in [0.25, 0.3) is 0 Å². The Hall–Kier alpha value is -2.21. The van der Waals surface area contributed by atoms with Gasteiger partial charge in [0, 0.05) is 24.4 Å². The minimum absolute atomic E-state index is 0.401. The fourth-order valence-electron chi connectivity index (χ4n) is 3.84. The molecule has 7 heteroatoms. The third kappa shape index (κ3) is 3.24. The van der Waals surface area contributed by atoms with Crippen molar-refractivity contribution in [3.63, 3.8) is 0 Å². The van der Waals surface area contributed by atoms with Gasteiger partial charge in [-0.3, -0.25) is 4.90 Å². The predicted molar refractivity (Wildman–Crippen MR) is 116 cm³/mol. The maximum Gasteiger partial charge on any atom is 0.158 e. The highest BCUT2D eigenvalue weighted by Gasteiger charge is 2.32. The Morgan fingerprint density at radius 1 is 1.14 bits per heavy atom. The number of amidine groups is 1. The molecular weight excluding hydrogens is 395 g/mol. The zero-order valence-electron chi connectivity index (χ0n) is 15.8. The monoisotopic (exact) mass is 416 g/mol. The fourth-order valence-corrected chi connectivity index (χ4v) is 4.23. The molecule has 0 spiro atoms. The van der Waals surface area contributed by atoms with E-state index in [0.29, 0.717) is 21.6 Å². The van der Waals surface area contributed by atoms with Gasteiger partial charge < -0.3 is 15.7 Å². The number of hydrogen-bond acceptors (Lipinski definition) is 5. The number of benzene rings is 2. The van der Waals surface area contributed by atoms with Crippen LogP contribution in [0.2, 0.25) is 10.0 Å². The van der Waals surface area contributed by atoms with E-state index < -0.39 is 6.23 Å². The van der Waals surface area contributed by atoms with Crippen LogP contribution in [0.5, 0.6) is 0 Å². The molecule has 2 heterocycles. The van der Waals surface area contributed by atoms with Crippen molar-refractivity contribution in [3.8, 4) is 0 Å². The number of hydrogen-bond donors (Lipinski definition) is 2. The summed E-state index contributed by atoms with van der Waals surface area (Å²) in [5.74, 6) is 1.47. The molecule has 4 rings (SSSR count). The number of nitrogen functional groups attached to an aromatic ring is 1. The van der Waals surface area contributed by atoms with Crippen molar-refractivity contribution >= 4 is 40.4 Å². The first-order valence-corrected chi connectivity index (χ1v) is 9.92. The summed E-state index contributed by atoms with van der Waals surface area (Å²) in [5.41, 5.74) is 10.6. The molecule has 2 aromatic carbocycles. The third-order valence-electron chi connectivity index (χ3n) is 5.33. The lowest BCUT2D eigenvalue weighted by Crippen LogP contribution is -2.45. The van der Waals surface area contributed by atoms with Crippen LogP contribution < -0.4 is 10.6 Å². The van der Waals surface area contributed by atoms with Crippen molar-refractivity contribution < 1.29 is 5.11 Å². The first kappa shape index (κ1) is 19.1. The van der Waals surface area contributed by atoms with E-state index in [9.17, 15) is 5.11 Å². The summed E-state index contributed by atoms with van der Waals surface area (Å²) in [7, 11) is 0. The second-order valence-corrected chi connectivity index (χ2v) is 7.97. The number of rotatable bonds is 2. The molecule has 28 heavy (non-hydrogen) atoms. The maximum atomic E-state index is 11.1. The van der Waals surface area contributed by atoms with Gasteiger partial charge in [-0.15, -0.1) is 0 Å². The highest BCUT2D eigenvalue weighted by atomic mass is 35.5. The molecular formula is C21H22Cl2N4O. The zero-order valence-corrected chi connectivity index (χ0v) is 17.3. The lowest BCUT2D eigenvalue weighted by Gasteiger charge is -2.39. The van der Waals surface area contributed by atoms with Gasteiger partial charge in [-0.1, -0.05) is 35.3 Å². The number of anilines is 2. The summed E-state index contributed by atoms with van der Waals surface area (Å²) in [4.78, 5) is 8.74. The van der Waals surface area contributed by atoms with Crippen molar-refractivity contribution in [1.29, 1.82) is 0 Å². The molecule has 3 N–H and O–H groups in total. The summed E-state index contributed by atoms with van der Waals surface area (Å²) in [6, 6.07) is 11.4. The van der Waals surface area contributed by atoms with Crippen LogP contribution in [0.3, 0.4) is 0 Å². The van der Waals surface area contributed by atoms with Gasteiger partial charge in [0.05, 0.1) is 15.7 Å². The van der Waals surface area contributed by atoms with Crippen molar-refractivity contribution in [3.05, 3.63) is 69.0 Å². The Labute approximate surface area is 174 Å². The minimum Gasteiger partial charge on any atom is -0.399 e. The Morgan fingerprint density at radius 2 is 1.93 bits per heavy atom.